The van der Waals surface area contributed by atoms with Crippen LogP contribution in [0, 0.1) is 5.82 Å². The number of amides is 1. The molecule has 1 spiro atoms. The van der Waals surface area contributed by atoms with Crippen molar-refractivity contribution >= 4 is 5.91 Å². The lowest BCUT2D eigenvalue weighted by Crippen LogP contribution is -2.52. The van der Waals surface area contributed by atoms with Crippen LogP contribution >= 0.6 is 0 Å². The van der Waals surface area contributed by atoms with Gasteiger partial charge in [-0.15, -0.1) is 0 Å². The standard InChI is InChI=1S/C24H23FN2O2/c25-19-8-9-21-20(17-19)23(27-12-4-5-13-27)24(29-21)10-14-26(15-11-24)22(28)16-18-6-2-1-3-7-18/h1-9,12-13,17,23H,10-11,14-16H2. The second-order valence-corrected chi connectivity index (χ2v) is 7.92. The van der Waals surface area contributed by atoms with Crippen LogP contribution in [0.5, 0.6) is 5.75 Å². The van der Waals surface area contributed by atoms with Crippen molar-refractivity contribution in [1.29, 1.82) is 0 Å². The number of piperidine rings is 1. The highest BCUT2D eigenvalue weighted by Gasteiger charge is 2.51. The zero-order valence-electron chi connectivity index (χ0n) is 16.1. The molecule has 2 aromatic carbocycles. The summed E-state index contributed by atoms with van der Waals surface area (Å²) in [7, 11) is 0. The third-order valence-corrected chi connectivity index (χ3v) is 6.16. The molecular weight excluding hydrogens is 367 g/mol. The molecule has 5 heteroatoms. The molecule has 1 aromatic heterocycles. The topological polar surface area (TPSA) is 34.5 Å². The SMILES string of the molecule is O=C(Cc1ccccc1)N1CCC2(CC1)Oc1ccc(F)cc1C2n1cccc1. The van der Waals surface area contributed by atoms with Crippen LogP contribution in [0.15, 0.2) is 73.1 Å². The van der Waals surface area contributed by atoms with Crippen LogP contribution in [0.4, 0.5) is 4.39 Å². The second kappa shape index (κ2) is 7.07. The van der Waals surface area contributed by atoms with Crippen molar-refractivity contribution in [3.05, 3.63) is 90.0 Å². The van der Waals surface area contributed by atoms with Crippen molar-refractivity contribution in [3.8, 4) is 5.75 Å². The summed E-state index contributed by atoms with van der Waals surface area (Å²) in [5.74, 6) is 0.635. The van der Waals surface area contributed by atoms with E-state index in [-0.39, 0.29) is 17.8 Å². The Morgan fingerprint density at radius 3 is 2.48 bits per heavy atom. The molecule has 0 aliphatic carbocycles. The molecule has 2 aliphatic rings. The van der Waals surface area contributed by atoms with Crippen LogP contribution in [0.3, 0.4) is 0 Å². The highest BCUT2D eigenvalue weighted by Crippen LogP contribution is 2.50. The van der Waals surface area contributed by atoms with Crippen LogP contribution < -0.4 is 4.74 Å². The van der Waals surface area contributed by atoms with Gasteiger partial charge in [-0.3, -0.25) is 4.79 Å². The zero-order valence-corrected chi connectivity index (χ0v) is 16.1. The molecule has 0 bridgehead atoms. The van der Waals surface area contributed by atoms with Crippen LogP contribution in [-0.4, -0.2) is 34.1 Å². The first-order chi connectivity index (χ1) is 14.1. The molecule has 2 aliphatic heterocycles. The van der Waals surface area contributed by atoms with Gasteiger partial charge >= 0.3 is 0 Å². The lowest BCUT2D eigenvalue weighted by molar-refractivity contribution is -0.134. The molecule has 0 saturated carbocycles. The molecule has 3 heterocycles. The fourth-order valence-electron chi connectivity index (χ4n) is 4.73. The average Bonchev–Trinajstić information content (AvgIpc) is 3.35. The summed E-state index contributed by atoms with van der Waals surface area (Å²) >= 11 is 0. The zero-order chi connectivity index (χ0) is 19.8. The molecule has 29 heavy (non-hydrogen) atoms. The van der Waals surface area contributed by atoms with Crippen molar-refractivity contribution in [2.75, 3.05) is 13.1 Å². The quantitative estimate of drug-likeness (QED) is 0.671. The number of fused-ring (bicyclic) bond motifs is 1. The first kappa shape index (κ1) is 18.0. The summed E-state index contributed by atoms with van der Waals surface area (Å²) in [5.41, 5.74) is 1.45. The minimum atomic E-state index is -0.460. The van der Waals surface area contributed by atoms with Crippen LogP contribution in [0.2, 0.25) is 0 Å². The van der Waals surface area contributed by atoms with Gasteiger partial charge in [0, 0.05) is 43.9 Å². The van der Waals surface area contributed by atoms with Gasteiger partial charge in [-0.2, -0.15) is 0 Å². The predicted molar refractivity (Wildman–Crippen MR) is 108 cm³/mol. The van der Waals surface area contributed by atoms with Gasteiger partial charge in [0.2, 0.25) is 5.91 Å². The van der Waals surface area contributed by atoms with E-state index in [4.69, 9.17) is 4.74 Å². The number of hydrogen-bond donors (Lipinski definition) is 0. The Bertz CT molecular complexity index is 1010. The van der Waals surface area contributed by atoms with Gasteiger partial charge in [0.1, 0.15) is 23.2 Å². The van der Waals surface area contributed by atoms with E-state index in [9.17, 15) is 9.18 Å². The lowest BCUT2D eigenvalue weighted by Gasteiger charge is -2.42. The third kappa shape index (κ3) is 3.20. The molecule has 0 N–H and O–H groups in total. The van der Waals surface area contributed by atoms with Gasteiger partial charge in [0.05, 0.1) is 6.42 Å². The van der Waals surface area contributed by atoms with E-state index >= 15 is 0 Å². The maximum atomic E-state index is 14.0. The van der Waals surface area contributed by atoms with Crippen molar-refractivity contribution in [2.45, 2.75) is 30.9 Å². The van der Waals surface area contributed by atoms with E-state index in [1.165, 1.54) is 6.07 Å². The summed E-state index contributed by atoms with van der Waals surface area (Å²) in [5, 5.41) is 0. The Hall–Kier alpha value is -3.08. The van der Waals surface area contributed by atoms with Gasteiger partial charge in [-0.25, -0.2) is 4.39 Å². The molecule has 4 nitrogen and oxygen atoms in total. The number of nitrogens with zero attached hydrogens (tertiary/aromatic N) is 2. The Kier molecular flexibility index (Phi) is 4.38. The van der Waals surface area contributed by atoms with Crippen molar-refractivity contribution in [2.24, 2.45) is 0 Å². The Morgan fingerprint density at radius 1 is 1.03 bits per heavy atom. The van der Waals surface area contributed by atoms with E-state index < -0.39 is 5.60 Å². The van der Waals surface area contributed by atoms with Crippen molar-refractivity contribution in [3.63, 3.8) is 0 Å². The highest BCUT2D eigenvalue weighted by molar-refractivity contribution is 5.79. The van der Waals surface area contributed by atoms with Gasteiger partial charge in [-0.05, 0) is 35.9 Å². The molecule has 0 radical (unpaired) electrons. The summed E-state index contributed by atoms with van der Waals surface area (Å²) in [6, 6.07) is 18.5. The average molecular weight is 390 g/mol. The number of hydrogen-bond acceptors (Lipinski definition) is 2. The number of benzene rings is 2. The number of aromatic nitrogens is 1. The normalized spacial score (nSPS) is 19.8. The third-order valence-electron chi connectivity index (χ3n) is 6.16. The number of ether oxygens (including phenoxy) is 1. The maximum absolute atomic E-state index is 14.0. The van der Waals surface area contributed by atoms with Crippen LogP contribution in [0.25, 0.3) is 0 Å². The number of rotatable bonds is 3. The molecule has 1 amide bonds. The molecule has 1 saturated heterocycles. The van der Waals surface area contributed by atoms with Crippen LogP contribution in [0.1, 0.15) is 30.0 Å². The molecule has 5 rings (SSSR count). The van der Waals surface area contributed by atoms with E-state index in [0.29, 0.717) is 32.4 Å². The Labute approximate surface area is 169 Å². The largest absolute Gasteiger partial charge is 0.484 e. The minimum absolute atomic E-state index is 0.0884. The van der Waals surface area contributed by atoms with Crippen LogP contribution in [-0.2, 0) is 11.2 Å². The second-order valence-electron chi connectivity index (χ2n) is 7.92. The number of halogens is 1. The minimum Gasteiger partial charge on any atom is -0.484 e. The molecular formula is C24H23FN2O2. The van der Waals surface area contributed by atoms with Gasteiger partial charge in [0.25, 0.3) is 0 Å². The first-order valence-electron chi connectivity index (χ1n) is 10.1. The number of carbonyl (C=O) groups is 1. The fourth-order valence-corrected chi connectivity index (χ4v) is 4.73. The van der Waals surface area contributed by atoms with E-state index in [0.717, 1.165) is 16.9 Å². The van der Waals surface area contributed by atoms with Gasteiger partial charge < -0.3 is 14.2 Å². The Balaban J connectivity index is 1.37. The highest BCUT2D eigenvalue weighted by atomic mass is 19.1. The molecule has 1 unspecified atom stereocenters. The molecule has 1 fully saturated rings. The monoisotopic (exact) mass is 390 g/mol. The lowest BCUT2D eigenvalue weighted by atomic mass is 9.82. The fraction of sp³-hybridized carbons (Fsp3) is 0.292. The van der Waals surface area contributed by atoms with Gasteiger partial charge in [-0.1, -0.05) is 30.3 Å². The molecule has 1 atom stereocenters. The summed E-state index contributed by atoms with van der Waals surface area (Å²) < 4.78 is 22.5. The molecule has 3 aromatic rings. The summed E-state index contributed by atoms with van der Waals surface area (Å²) in [6.07, 6.45) is 5.85. The van der Waals surface area contributed by atoms with E-state index in [2.05, 4.69) is 4.57 Å². The van der Waals surface area contributed by atoms with E-state index in [1.807, 2.05) is 59.8 Å². The maximum Gasteiger partial charge on any atom is 0.226 e. The number of likely N-dealkylation sites (tertiary alicyclic amines) is 1. The summed E-state index contributed by atoms with van der Waals surface area (Å²) in [4.78, 5) is 14.7. The van der Waals surface area contributed by atoms with Crippen molar-refractivity contribution < 1.29 is 13.9 Å². The molecule has 148 valence electrons. The first-order valence-corrected chi connectivity index (χ1v) is 10.1. The summed E-state index contributed by atoms with van der Waals surface area (Å²) in [6.45, 7) is 1.28. The number of carbonyl (C=O) groups excluding carboxylic acids is 1. The van der Waals surface area contributed by atoms with Crippen molar-refractivity contribution in [1.82, 2.24) is 9.47 Å². The smallest absolute Gasteiger partial charge is 0.226 e. The Morgan fingerprint density at radius 2 is 1.76 bits per heavy atom. The van der Waals surface area contributed by atoms with E-state index in [1.54, 1.807) is 12.1 Å². The predicted octanol–water partition coefficient (Wildman–Crippen LogP) is 4.21. The van der Waals surface area contributed by atoms with Gasteiger partial charge in [0.15, 0.2) is 0 Å².